The van der Waals surface area contributed by atoms with Gasteiger partial charge >= 0.3 is 5.97 Å². The first-order valence-electron chi connectivity index (χ1n) is 9.01. The second-order valence-electron chi connectivity index (χ2n) is 7.69. The lowest BCUT2D eigenvalue weighted by molar-refractivity contribution is 0.0696. The standard InChI is InChI=1S/C21H20ClNO2/c22-16-4-2-1-3-14(16)20-19-12-6-5-11(9-12)18(19)15-10-13(21(24)25)7-8-17(15)23-20/h1-4,7-8,10-12,18-20,23H,5-6,9H2,(H,24,25). The lowest BCUT2D eigenvalue weighted by Crippen LogP contribution is -2.35. The van der Waals surface area contributed by atoms with Crippen LogP contribution in [-0.2, 0) is 0 Å². The SMILES string of the molecule is O=C(O)c1ccc2c(c1)C1C3CCC(C3)C1C(c1ccccc1Cl)N2. The average Bonchev–Trinajstić information content (AvgIpc) is 3.23. The third-order valence-corrected chi connectivity index (χ3v) is 6.92. The van der Waals surface area contributed by atoms with Crippen LogP contribution in [-0.4, -0.2) is 11.1 Å². The molecule has 3 aliphatic rings. The van der Waals surface area contributed by atoms with E-state index >= 15 is 0 Å². The Morgan fingerprint density at radius 2 is 1.88 bits per heavy atom. The van der Waals surface area contributed by atoms with Crippen molar-refractivity contribution in [1.82, 2.24) is 0 Å². The first kappa shape index (κ1) is 15.3. The molecule has 4 heteroatoms. The number of anilines is 1. The fraction of sp³-hybridized carbons (Fsp3) is 0.381. The van der Waals surface area contributed by atoms with Crippen LogP contribution in [0.15, 0.2) is 42.5 Å². The Balaban J connectivity index is 1.65. The molecule has 3 nitrogen and oxygen atoms in total. The van der Waals surface area contributed by atoms with Crippen molar-refractivity contribution < 1.29 is 9.90 Å². The highest BCUT2D eigenvalue weighted by Gasteiger charge is 2.54. The van der Waals surface area contributed by atoms with Crippen LogP contribution in [0.1, 0.15) is 52.7 Å². The predicted octanol–water partition coefficient (Wildman–Crippen LogP) is 5.33. The Bertz CT molecular complexity index is 865. The quantitative estimate of drug-likeness (QED) is 0.766. The van der Waals surface area contributed by atoms with Gasteiger partial charge in [-0.1, -0.05) is 29.8 Å². The number of fused-ring (bicyclic) bond motifs is 7. The molecule has 2 aliphatic carbocycles. The van der Waals surface area contributed by atoms with E-state index < -0.39 is 5.97 Å². The summed E-state index contributed by atoms with van der Waals surface area (Å²) in [6, 6.07) is 13.8. The summed E-state index contributed by atoms with van der Waals surface area (Å²) in [5.41, 5.74) is 3.82. The average molecular weight is 354 g/mol. The van der Waals surface area contributed by atoms with Crippen LogP contribution in [0.2, 0.25) is 5.02 Å². The molecule has 0 amide bonds. The number of carbonyl (C=O) groups is 1. The molecule has 2 bridgehead atoms. The van der Waals surface area contributed by atoms with Crippen LogP contribution >= 0.6 is 11.6 Å². The summed E-state index contributed by atoms with van der Waals surface area (Å²) in [4.78, 5) is 11.4. The van der Waals surface area contributed by atoms with Crippen molar-refractivity contribution in [3.63, 3.8) is 0 Å². The summed E-state index contributed by atoms with van der Waals surface area (Å²) in [5, 5.41) is 13.9. The molecule has 2 N–H and O–H groups in total. The maximum Gasteiger partial charge on any atom is 0.335 e. The number of benzene rings is 2. The number of rotatable bonds is 2. The van der Waals surface area contributed by atoms with E-state index in [2.05, 4.69) is 11.4 Å². The van der Waals surface area contributed by atoms with Gasteiger partial charge in [0, 0.05) is 10.7 Å². The molecule has 2 fully saturated rings. The minimum atomic E-state index is -0.851. The molecule has 25 heavy (non-hydrogen) atoms. The van der Waals surface area contributed by atoms with E-state index in [4.69, 9.17) is 11.6 Å². The molecule has 2 aromatic carbocycles. The molecular formula is C21H20ClNO2. The Kier molecular flexibility index (Phi) is 3.36. The highest BCUT2D eigenvalue weighted by molar-refractivity contribution is 6.31. The number of hydrogen-bond acceptors (Lipinski definition) is 2. The van der Waals surface area contributed by atoms with E-state index in [-0.39, 0.29) is 6.04 Å². The lowest BCUT2D eigenvalue weighted by atomic mass is 9.68. The summed E-state index contributed by atoms with van der Waals surface area (Å²) < 4.78 is 0. The topological polar surface area (TPSA) is 49.3 Å². The maximum atomic E-state index is 11.4. The van der Waals surface area contributed by atoms with Gasteiger partial charge < -0.3 is 10.4 Å². The van der Waals surface area contributed by atoms with Gasteiger partial charge in [-0.3, -0.25) is 0 Å². The van der Waals surface area contributed by atoms with Gasteiger partial charge in [0.2, 0.25) is 0 Å². The van der Waals surface area contributed by atoms with Crippen LogP contribution in [0.5, 0.6) is 0 Å². The third-order valence-electron chi connectivity index (χ3n) is 6.57. The number of aromatic carboxylic acids is 1. The Morgan fingerprint density at radius 3 is 2.68 bits per heavy atom. The van der Waals surface area contributed by atoms with Crippen molar-refractivity contribution in [3.8, 4) is 0 Å². The summed E-state index contributed by atoms with van der Waals surface area (Å²) in [5.74, 6) is 1.46. The van der Waals surface area contributed by atoms with Gasteiger partial charge in [0.25, 0.3) is 0 Å². The fourth-order valence-electron chi connectivity index (χ4n) is 5.66. The minimum absolute atomic E-state index is 0.206. The number of hydrogen-bond donors (Lipinski definition) is 2. The monoisotopic (exact) mass is 353 g/mol. The van der Waals surface area contributed by atoms with Crippen molar-refractivity contribution in [2.75, 3.05) is 5.32 Å². The van der Waals surface area contributed by atoms with Crippen LogP contribution in [0.4, 0.5) is 5.69 Å². The molecule has 5 unspecified atom stereocenters. The fourth-order valence-corrected chi connectivity index (χ4v) is 5.91. The molecule has 0 saturated heterocycles. The summed E-state index contributed by atoms with van der Waals surface area (Å²) in [7, 11) is 0. The van der Waals surface area contributed by atoms with E-state index in [9.17, 15) is 9.90 Å². The number of halogens is 1. The van der Waals surface area contributed by atoms with Crippen LogP contribution in [0.25, 0.3) is 0 Å². The van der Waals surface area contributed by atoms with Crippen LogP contribution < -0.4 is 5.32 Å². The largest absolute Gasteiger partial charge is 0.478 e. The summed E-state index contributed by atoms with van der Waals surface area (Å²) >= 11 is 6.53. The van der Waals surface area contributed by atoms with Gasteiger partial charge in [0.1, 0.15) is 0 Å². The molecule has 5 rings (SSSR count). The van der Waals surface area contributed by atoms with Gasteiger partial charge in [-0.15, -0.1) is 0 Å². The van der Waals surface area contributed by atoms with Crippen molar-refractivity contribution in [1.29, 1.82) is 0 Å². The number of carboxylic acids is 1. The van der Waals surface area contributed by atoms with E-state index in [0.29, 0.717) is 29.2 Å². The van der Waals surface area contributed by atoms with E-state index in [0.717, 1.165) is 10.7 Å². The first-order chi connectivity index (χ1) is 12.1. The molecular weight excluding hydrogens is 334 g/mol. The van der Waals surface area contributed by atoms with Gasteiger partial charge in [0.05, 0.1) is 11.6 Å². The molecule has 128 valence electrons. The second kappa shape index (κ2) is 5.50. The molecule has 5 atom stereocenters. The number of carboxylic acid groups (broad SMARTS) is 1. The Labute approximate surface area is 152 Å². The minimum Gasteiger partial charge on any atom is -0.478 e. The molecule has 2 saturated carbocycles. The van der Waals surface area contributed by atoms with E-state index in [1.165, 1.54) is 30.4 Å². The molecule has 1 heterocycles. The smallest absolute Gasteiger partial charge is 0.335 e. The van der Waals surface area contributed by atoms with Crippen LogP contribution in [0, 0.1) is 17.8 Å². The van der Waals surface area contributed by atoms with Gasteiger partial charge in [-0.25, -0.2) is 4.79 Å². The van der Waals surface area contributed by atoms with Crippen molar-refractivity contribution >= 4 is 23.3 Å². The van der Waals surface area contributed by atoms with Crippen molar-refractivity contribution in [2.45, 2.75) is 31.2 Å². The zero-order valence-corrected chi connectivity index (χ0v) is 14.5. The zero-order valence-electron chi connectivity index (χ0n) is 13.8. The Hall–Kier alpha value is -2.00. The van der Waals surface area contributed by atoms with Crippen molar-refractivity contribution in [3.05, 3.63) is 64.2 Å². The molecule has 2 aromatic rings. The Morgan fingerprint density at radius 1 is 1.08 bits per heavy atom. The molecule has 0 radical (unpaired) electrons. The molecule has 0 aromatic heterocycles. The van der Waals surface area contributed by atoms with Gasteiger partial charge in [-0.2, -0.15) is 0 Å². The predicted molar refractivity (Wildman–Crippen MR) is 98.3 cm³/mol. The number of nitrogens with one attached hydrogen (secondary N) is 1. The van der Waals surface area contributed by atoms with E-state index in [1.54, 1.807) is 6.07 Å². The molecule has 1 aliphatic heterocycles. The van der Waals surface area contributed by atoms with Crippen molar-refractivity contribution in [2.24, 2.45) is 17.8 Å². The zero-order chi connectivity index (χ0) is 17.1. The normalized spacial score (nSPS) is 32.0. The first-order valence-corrected chi connectivity index (χ1v) is 9.39. The maximum absolute atomic E-state index is 11.4. The van der Waals surface area contributed by atoms with Crippen LogP contribution in [0.3, 0.4) is 0 Å². The highest BCUT2D eigenvalue weighted by Crippen LogP contribution is 2.64. The molecule has 0 spiro atoms. The second-order valence-corrected chi connectivity index (χ2v) is 8.09. The summed E-state index contributed by atoms with van der Waals surface area (Å²) in [6.07, 6.45) is 3.80. The highest BCUT2D eigenvalue weighted by atomic mass is 35.5. The van der Waals surface area contributed by atoms with Gasteiger partial charge in [-0.05, 0) is 78.3 Å². The summed E-state index contributed by atoms with van der Waals surface area (Å²) in [6.45, 7) is 0. The van der Waals surface area contributed by atoms with Gasteiger partial charge in [0.15, 0.2) is 0 Å². The van der Waals surface area contributed by atoms with E-state index in [1.807, 2.05) is 30.3 Å². The lowest BCUT2D eigenvalue weighted by Gasteiger charge is -2.43. The third kappa shape index (κ3) is 2.22.